The Labute approximate surface area is 137 Å². The molecule has 0 bridgehead atoms. The Morgan fingerprint density at radius 2 is 2.23 bits per heavy atom. The van der Waals surface area contributed by atoms with E-state index in [1.54, 1.807) is 19.1 Å². The summed E-state index contributed by atoms with van der Waals surface area (Å²) >= 11 is 5.93. The third kappa shape index (κ3) is 4.75. The standard InChI is InChI=1S/C17H23ClN2O2/c1-3-8-19-9-5-10-20(12-11-19)17(21)14(2)22-16-7-4-6-15(18)13-16/h3-4,6-7,13-14H,1,5,8-12H2,2H3. The molecule has 1 aromatic carbocycles. The molecule has 1 aromatic rings. The van der Waals surface area contributed by atoms with E-state index in [2.05, 4.69) is 11.5 Å². The Morgan fingerprint density at radius 3 is 2.95 bits per heavy atom. The van der Waals surface area contributed by atoms with Crippen molar-refractivity contribution in [1.82, 2.24) is 9.80 Å². The van der Waals surface area contributed by atoms with Crippen LogP contribution in [0.2, 0.25) is 5.02 Å². The van der Waals surface area contributed by atoms with Crippen LogP contribution in [0.3, 0.4) is 0 Å². The number of hydrogen-bond acceptors (Lipinski definition) is 3. The van der Waals surface area contributed by atoms with Gasteiger partial charge in [-0.1, -0.05) is 23.7 Å². The molecule has 2 rings (SSSR count). The lowest BCUT2D eigenvalue weighted by Gasteiger charge is -2.25. The first-order valence-electron chi connectivity index (χ1n) is 7.64. The van der Waals surface area contributed by atoms with E-state index < -0.39 is 6.10 Å². The van der Waals surface area contributed by atoms with E-state index in [1.165, 1.54) is 0 Å². The van der Waals surface area contributed by atoms with E-state index in [0.29, 0.717) is 10.8 Å². The quantitative estimate of drug-likeness (QED) is 0.781. The summed E-state index contributed by atoms with van der Waals surface area (Å²) in [6, 6.07) is 7.13. The minimum Gasteiger partial charge on any atom is -0.481 e. The topological polar surface area (TPSA) is 32.8 Å². The monoisotopic (exact) mass is 322 g/mol. The highest BCUT2D eigenvalue weighted by Crippen LogP contribution is 2.19. The van der Waals surface area contributed by atoms with Crippen molar-refractivity contribution in [3.63, 3.8) is 0 Å². The summed E-state index contributed by atoms with van der Waals surface area (Å²) in [6.45, 7) is 9.81. The molecule has 0 N–H and O–H groups in total. The molecule has 1 saturated heterocycles. The van der Waals surface area contributed by atoms with E-state index in [9.17, 15) is 4.79 Å². The number of nitrogens with zero attached hydrogens (tertiary/aromatic N) is 2. The molecule has 1 amide bonds. The Hall–Kier alpha value is -1.52. The Kier molecular flexibility index (Phi) is 6.28. The Morgan fingerprint density at radius 1 is 1.41 bits per heavy atom. The van der Waals surface area contributed by atoms with Crippen LogP contribution in [0.4, 0.5) is 0 Å². The van der Waals surface area contributed by atoms with Gasteiger partial charge >= 0.3 is 0 Å². The zero-order chi connectivity index (χ0) is 15.9. The molecule has 1 fully saturated rings. The zero-order valence-corrected chi connectivity index (χ0v) is 13.8. The van der Waals surface area contributed by atoms with Gasteiger partial charge in [0.1, 0.15) is 5.75 Å². The summed E-state index contributed by atoms with van der Waals surface area (Å²) in [5.74, 6) is 0.650. The second-order valence-corrected chi connectivity index (χ2v) is 5.92. The van der Waals surface area contributed by atoms with E-state index >= 15 is 0 Å². The maximum absolute atomic E-state index is 12.5. The molecule has 5 heteroatoms. The van der Waals surface area contributed by atoms with Crippen molar-refractivity contribution in [1.29, 1.82) is 0 Å². The number of ether oxygens (including phenoxy) is 1. The largest absolute Gasteiger partial charge is 0.481 e. The van der Waals surface area contributed by atoms with Crippen LogP contribution in [-0.2, 0) is 4.79 Å². The molecule has 4 nitrogen and oxygen atoms in total. The number of amides is 1. The molecular formula is C17H23ClN2O2. The number of halogens is 1. The van der Waals surface area contributed by atoms with Crippen molar-refractivity contribution in [2.75, 3.05) is 32.7 Å². The fourth-order valence-electron chi connectivity index (χ4n) is 2.61. The molecule has 1 aliphatic heterocycles. The highest BCUT2D eigenvalue weighted by Gasteiger charge is 2.24. The normalized spacial score (nSPS) is 17.6. The maximum atomic E-state index is 12.5. The minimum absolute atomic E-state index is 0.0282. The molecule has 120 valence electrons. The van der Waals surface area contributed by atoms with Crippen LogP contribution in [0.5, 0.6) is 5.75 Å². The van der Waals surface area contributed by atoms with Crippen LogP contribution in [0, 0.1) is 0 Å². The van der Waals surface area contributed by atoms with E-state index in [-0.39, 0.29) is 5.91 Å². The smallest absolute Gasteiger partial charge is 0.263 e. The molecule has 1 atom stereocenters. The molecule has 0 radical (unpaired) electrons. The second kappa shape index (κ2) is 8.20. The number of rotatable bonds is 5. The van der Waals surface area contributed by atoms with Gasteiger partial charge < -0.3 is 9.64 Å². The first-order chi connectivity index (χ1) is 10.6. The number of hydrogen-bond donors (Lipinski definition) is 0. The number of carbonyl (C=O) groups excluding carboxylic acids is 1. The highest BCUT2D eigenvalue weighted by molar-refractivity contribution is 6.30. The number of carbonyl (C=O) groups is 1. The predicted molar refractivity (Wildman–Crippen MR) is 89.4 cm³/mol. The molecule has 0 aliphatic carbocycles. The lowest BCUT2D eigenvalue weighted by molar-refractivity contribution is -0.137. The molecule has 0 aromatic heterocycles. The third-order valence-corrected chi connectivity index (χ3v) is 3.98. The van der Waals surface area contributed by atoms with Gasteiger partial charge in [-0.25, -0.2) is 0 Å². The highest BCUT2D eigenvalue weighted by atomic mass is 35.5. The lowest BCUT2D eigenvalue weighted by atomic mass is 10.3. The lowest BCUT2D eigenvalue weighted by Crippen LogP contribution is -2.42. The summed E-state index contributed by atoms with van der Waals surface area (Å²) in [5.41, 5.74) is 0. The molecule has 1 unspecified atom stereocenters. The molecule has 1 heterocycles. The van der Waals surface area contributed by atoms with Crippen LogP contribution in [0.1, 0.15) is 13.3 Å². The van der Waals surface area contributed by atoms with Gasteiger partial charge in [-0.05, 0) is 31.5 Å². The van der Waals surface area contributed by atoms with Crippen LogP contribution in [-0.4, -0.2) is 54.5 Å². The van der Waals surface area contributed by atoms with Gasteiger partial charge in [0, 0.05) is 37.7 Å². The van der Waals surface area contributed by atoms with E-state index in [4.69, 9.17) is 16.3 Å². The summed E-state index contributed by atoms with van der Waals surface area (Å²) in [4.78, 5) is 16.7. The first-order valence-corrected chi connectivity index (χ1v) is 8.02. The summed E-state index contributed by atoms with van der Waals surface area (Å²) in [7, 11) is 0. The molecule has 0 saturated carbocycles. The summed E-state index contributed by atoms with van der Waals surface area (Å²) < 4.78 is 5.72. The Balaban J connectivity index is 1.91. The second-order valence-electron chi connectivity index (χ2n) is 5.49. The maximum Gasteiger partial charge on any atom is 0.263 e. The average molecular weight is 323 g/mol. The summed E-state index contributed by atoms with van der Waals surface area (Å²) in [5, 5.41) is 0.604. The predicted octanol–water partition coefficient (Wildman–Crippen LogP) is 2.83. The number of benzene rings is 1. The molecule has 22 heavy (non-hydrogen) atoms. The zero-order valence-electron chi connectivity index (χ0n) is 13.0. The summed E-state index contributed by atoms with van der Waals surface area (Å²) in [6.07, 6.45) is 2.37. The van der Waals surface area contributed by atoms with Crippen molar-refractivity contribution in [3.8, 4) is 5.75 Å². The van der Waals surface area contributed by atoms with Crippen LogP contribution in [0.25, 0.3) is 0 Å². The van der Waals surface area contributed by atoms with Crippen molar-refractivity contribution in [2.45, 2.75) is 19.4 Å². The van der Waals surface area contributed by atoms with Crippen molar-refractivity contribution < 1.29 is 9.53 Å². The van der Waals surface area contributed by atoms with Gasteiger partial charge in [0.05, 0.1) is 0 Å². The van der Waals surface area contributed by atoms with Crippen molar-refractivity contribution >= 4 is 17.5 Å². The minimum atomic E-state index is -0.510. The van der Waals surface area contributed by atoms with Crippen LogP contribution >= 0.6 is 11.6 Å². The molecule has 0 spiro atoms. The molecule has 1 aliphatic rings. The fourth-order valence-corrected chi connectivity index (χ4v) is 2.79. The van der Waals surface area contributed by atoms with Crippen molar-refractivity contribution in [3.05, 3.63) is 41.9 Å². The van der Waals surface area contributed by atoms with Gasteiger partial charge in [0.15, 0.2) is 6.10 Å². The van der Waals surface area contributed by atoms with Gasteiger partial charge in [0.2, 0.25) is 0 Å². The SMILES string of the molecule is C=CCN1CCCN(C(=O)C(C)Oc2cccc(Cl)c2)CC1. The average Bonchev–Trinajstić information content (AvgIpc) is 2.72. The van der Waals surface area contributed by atoms with E-state index in [1.807, 2.05) is 23.1 Å². The van der Waals surface area contributed by atoms with Gasteiger partial charge in [-0.3, -0.25) is 9.69 Å². The molecular weight excluding hydrogens is 300 g/mol. The van der Waals surface area contributed by atoms with Crippen molar-refractivity contribution in [2.24, 2.45) is 0 Å². The van der Waals surface area contributed by atoms with E-state index in [0.717, 1.165) is 39.1 Å². The van der Waals surface area contributed by atoms with Crippen LogP contribution in [0.15, 0.2) is 36.9 Å². The van der Waals surface area contributed by atoms with Crippen LogP contribution < -0.4 is 4.74 Å². The third-order valence-electron chi connectivity index (χ3n) is 3.74. The fraction of sp³-hybridized carbons (Fsp3) is 0.471. The Bertz CT molecular complexity index is 521. The van der Waals surface area contributed by atoms with Gasteiger partial charge in [0.25, 0.3) is 5.91 Å². The first kappa shape index (κ1) is 16.8. The van der Waals surface area contributed by atoms with Gasteiger partial charge in [-0.2, -0.15) is 0 Å². The van der Waals surface area contributed by atoms with Gasteiger partial charge in [-0.15, -0.1) is 6.58 Å².